The first kappa shape index (κ1) is 33.3. The summed E-state index contributed by atoms with van der Waals surface area (Å²) in [5.41, 5.74) is 2.40. The number of amides is 2. The number of aliphatic imine (C=N–C) groups is 1. The fourth-order valence-corrected chi connectivity index (χ4v) is 5.84. The van der Waals surface area contributed by atoms with Crippen molar-refractivity contribution >= 4 is 58.2 Å². The number of carboxylic acids is 1. The van der Waals surface area contributed by atoms with Gasteiger partial charge in [-0.25, -0.2) is 13.6 Å². The van der Waals surface area contributed by atoms with E-state index in [2.05, 4.69) is 20.5 Å². The molecule has 1 saturated heterocycles. The van der Waals surface area contributed by atoms with Gasteiger partial charge in [-0.2, -0.15) is 0 Å². The molecule has 9 nitrogen and oxygen atoms in total. The number of hydrogen-bond acceptors (Lipinski definition) is 6. The number of benzene rings is 2. The summed E-state index contributed by atoms with van der Waals surface area (Å²) < 4.78 is 26.7. The first-order valence-corrected chi connectivity index (χ1v) is 15.2. The molecule has 44 heavy (non-hydrogen) atoms. The van der Waals surface area contributed by atoms with E-state index in [9.17, 15) is 33.1 Å². The number of halogens is 4. The van der Waals surface area contributed by atoms with Crippen molar-refractivity contribution in [3.8, 4) is 0 Å². The van der Waals surface area contributed by atoms with Crippen LogP contribution in [0.3, 0.4) is 0 Å². The fraction of sp³-hybridized carbons (Fsp3) is 0.452. The number of ketones is 1. The molecule has 1 atom stereocenters. The van der Waals surface area contributed by atoms with Crippen LogP contribution in [0, 0.1) is 0 Å². The van der Waals surface area contributed by atoms with Crippen LogP contribution in [-0.4, -0.2) is 72.5 Å². The van der Waals surface area contributed by atoms with E-state index < -0.39 is 42.1 Å². The molecule has 2 heterocycles. The summed E-state index contributed by atoms with van der Waals surface area (Å²) in [7, 11) is 0. The number of nitrogens with zero attached hydrogens (tertiary/aromatic N) is 2. The lowest BCUT2D eigenvalue weighted by Gasteiger charge is -2.29. The van der Waals surface area contributed by atoms with Crippen molar-refractivity contribution in [2.75, 3.05) is 31.1 Å². The standard InChI is InChI=1S/C31H34Cl2F2N4O5/c32-24-15-22(39-11-2-1-3-12-39)16-25(33)27(24)29(42)38-26(30(43)44)8-7-23(40)17-36-28(41)20-6-4-5-19(13-20)14-21-9-10-31(34,35)18-37-21/h4-6,13,15-16,26H,1-3,7-12,14,17-18H2,(H,36,41)(H,38,42)(H,43,44)/t26-/m1/s1. The molecule has 2 aliphatic heterocycles. The lowest BCUT2D eigenvalue weighted by Crippen LogP contribution is -2.41. The van der Waals surface area contributed by atoms with Crippen LogP contribution in [0.5, 0.6) is 0 Å². The Kier molecular flexibility index (Phi) is 11.3. The van der Waals surface area contributed by atoms with Crippen LogP contribution in [0.1, 0.15) is 71.2 Å². The Labute approximate surface area is 264 Å². The van der Waals surface area contributed by atoms with E-state index in [-0.39, 0.29) is 53.4 Å². The Morgan fingerprint density at radius 2 is 1.73 bits per heavy atom. The van der Waals surface area contributed by atoms with Gasteiger partial charge in [0.25, 0.3) is 17.7 Å². The second-order valence-electron chi connectivity index (χ2n) is 11.1. The molecule has 0 aromatic heterocycles. The zero-order valence-electron chi connectivity index (χ0n) is 24.0. The molecule has 236 valence electrons. The average Bonchev–Trinajstić information content (AvgIpc) is 2.99. The number of carbonyl (C=O) groups is 4. The Balaban J connectivity index is 1.27. The van der Waals surface area contributed by atoms with E-state index in [0.29, 0.717) is 12.1 Å². The van der Waals surface area contributed by atoms with E-state index in [0.717, 1.165) is 43.6 Å². The normalized spacial score (nSPS) is 16.9. The van der Waals surface area contributed by atoms with Crippen molar-refractivity contribution in [2.45, 2.75) is 63.3 Å². The van der Waals surface area contributed by atoms with Gasteiger partial charge in [0.2, 0.25) is 0 Å². The van der Waals surface area contributed by atoms with Crippen molar-refractivity contribution < 1.29 is 33.1 Å². The van der Waals surface area contributed by atoms with Crippen LogP contribution in [-0.2, 0) is 16.0 Å². The van der Waals surface area contributed by atoms with Crippen molar-refractivity contribution in [1.29, 1.82) is 0 Å². The number of rotatable bonds is 12. The zero-order valence-corrected chi connectivity index (χ0v) is 25.5. The summed E-state index contributed by atoms with van der Waals surface area (Å²) in [4.78, 5) is 56.0. The van der Waals surface area contributed by atoms with Crippen LogP contribution in [0.4, 0.5) is 14.5 Å². The van der Waals surface area contributed by atoms with Crippen LogP contribution >= 0.6 is 23.2 Å². The van der Waals surface area contributed by atoms with Gasteiger partial charge >= 0.3 is 5.97 Å². The zero-order chi connectivity index (χ0) is 31.9. The quantitative estimate of drug-likeness (QED) is 0.284. The first-order chi connectivity index (χ1) is 20.9. The molecule has 0 aliphatic carbocycles. The van der Waals surface area contributed by atoms with E-state index in [1.807, 2.05) is 0 Å². The largest absolute Gasteiger partial charge is 0.480 e. The molecule has 0 radical (unpaired) electrons. The maximum absolute atomic E-state index is 13.4. The van der Waals surface area contributed by atoms with Crippen LogP contribution < -0.4 is 15.5 Å². The summed E-state index contributed by atoms with van der Waals surface area (Å²) in [5.74, 6) is -5.84. The Morgan fingerprint density at radius 3 is 2.36 bits per heavy atom. The average molecular weight is 652 g/mol. The van der Waals surface area contributed by atoms with Gasteiger partial charge in [0.15, 0.2) is 5.78 Å². The van der Waals surface area contributed by atoms with E-state index >= 15 is 0 Å². The highest BCUT2D eigenvalue weighted by Crippen LogP contribution is 2.32. The van der Waals surface area contributed by atoms with Gasteiger partial charge in [0.1, 0.15) is 12.6 Å². The van der Waals surface area contributed by atoms with Crippen molar-refractivity contribution in [1.82, 2.24) is 10.6 Å². The molecule has 0 bridgehead atoms. The molecule has 3 N–H and O–H groups in total. The highest BCUT2D eigenvalue weighted by Gasteiger charge is 2.32. The monoisotopic (exact) mass is 650 g/mol. The number of nitrogens with one attached hydrogen (secondary N) is 2. The molecule has 2 amide bonds. The number of hydrogen-bond donors (Lipinski definition) is 3. The Morgan fingerprint density at radius 1 is 1.02 bits per heavy atom. The first-order valence-electron chi connectivity index (χ1n) is 14.5. The second-order valence-corrected chi connectivity index (χ2v) is 11.9. The molecule has 2 aromatic rings. The van der Waals surface area contributed by atoms with Gasteiger partial charge in [-0.1, -0.05) is 35.3 Å². The van der Waals surface area contributed by atoms with Gasteiger partial charge in [0, 0.05) is 49.3 Å². The third-order valence-electron chi connectivity index (χ3n) is 7.65. The second kappa shape index (κ2) is 14.9. The number of anilines is 1. The predicted octanol–water partition coefficient (Wildman–Crippen LogP) is 5.36. The number of carbonyl (C=O) groups excluding carboxylic acids is 3. The SMILES string of the molecule is O=C(CC[C@@H](NC(=O)c1c(Cl)cc(N2CCCCC2)cc1Cl)C(=O)O)CNC(=O)c1cccc(CC2=NCC(F)(F)CC2)c1. The van der Waals surface area contributed by atoms with Gasteiger partial charge in [-0.15, -0.1) is 0 Å². The van der Waals surface area contributed by atoms with Gasteiger partial charge in [-0.3, -0.25) is 19.4 Å². The molecule has 2 aromatic carbocycles. The minimum absolute atomic E-state index is 0.0466. The number of aliphatic carboxylic acids is 1. The van der Waals surface area contributed by atoms with Gasteiger partial charge < -0.3 is 20.6 Å². The number of alkyl halides is 2. The maximum atomic E-state index is 13.4. The topological polar surface area (TPSA) is 128 Å². The molecule has 2 aliphatic rings. The molecule has 0 unspecified atom stereocenters. The van der Waals surface area contributed by atoms with Crippen molar-refractivity contribution in [3.63, 3.8) is 0 Å². The summed E-state index contributed by atoms with van der Waals surface area (Å²) in [6, 6.07) is 8.47. The fourth-order valence-electron chi connectivity index (χ4n) is 5.19. The van der Waals surface area contributed by atoms with Gasteiger partial charge in [-0.05, 0) is 61.9 Å². The summed E-state index contributed by atoms with van der Waals surface area (Å²) in [6.45, 7) is 0.815. The highest BCUT2D eigenvalue weighted by molar-refractivity contribution is 6.40. The minimum atomic E-state index is -2.78. The molecule has 0 saturated carbocycles. The highest BCUT2D eigenvalue weighted by atomic mass is 35.5. The third kappa shape index (κ3) is 9.22. The molecular weight excluding hydrogens is 617 g/mol. The minimum Gasteiger partial charge on any atom is -0.480 e. The maximum Gasteiger partial charge on any atom is 0.326 e. The van der Waals surface area contributed by atoms with Crippen molar-refractivity contribution in [2.24, 2.45) is 4.99 Å². The molecular formula is C31H34Cl2F2N4O5. The van der Waals surface area contributed by atoms with Crippen LogP contribution in [0.2, 0.25) is 10.0 Å². The lowest BCUT2D eigenvalue weighted by molar-refractivity contribution is -0.139. The van der Waals surface area contributed by atoms with E-state index in [1.165, 1.54) is 0 Å². The molecule has 4 rings (SSSR count). The van der Waals surface area contributed by atoms with Crippen LogP contribution in [0.15, 0.2) is 41.4 Å². The predicted molar refractivity (Wildman–Crippen MR) is 165 cm³/mol. The summed E-state index contributed by atoms with van der Waals surface area (Å²) in [6.07, 6.45) is 3.05. The molecule has 0 spiro atoms. The molecule has 1 fully saturated rings. The van der Waals surface area contributed by atoms with Gasteiger partial charge in [0.05, 0.1) is 22.2 Å². The van der Waals surface area contributed by atoms with Crippen molar-refractivity contribution in [3.05, 3.63) is 63.1 Å². The Bertz CT molecular complexity index is 1420. The van der Waals surface area contributed by atoms with E-state index in [4.69, 9.17) is 23.2 Å². The third-order valence-corrected chi connectivity index (χ3v) is 8.24. The lowest BCUT2D eigenvalue weighted by atomic mass is 9.98. The number of piperidine rings is 1. The van der Waals surface area contributed by atoms with Crippen LogP contribution in [0.25, 0.3) is 0 Å². The smallest absolute Gasteiger partial charge is 0.326 e. The summed E-state index contributed by atoms with van der Waals surface area (Å²) >= 11 is 12.8. The van der Waals surface area contributed by atoms with E-state index in [1.54, 1.807) is 36.4 Å². The number of carboxylic acid groups (broad SMARTS) is 1. The molecule has 13 heteroatoms. The number of Topliss-reactive ketones (excluding diaryl/α,β-unsaturated/α-hetero) is 1. The summed E-state index contributed by atoms with van der Waals surface area (Å²) in [5, 5.41) is 14.8. The Hall–Kier alpha value is -3.57.